The van der Waals surface area contributed by atoms with Gasteiger partial charge < -0.3 is 9.84 Å². The van der Waals surface area contributed by atoms with E-state index in [9.17, 15) is 13.6 Å². The Kier molecular flexibility index (Phi) is 6.13. The molecule has 4 rings (SSSR count). The van der Waals surface area contributed by atoms with Gasteiger partial charge in [-0.1, -0.05) is 17.3 Å². The van der Waals surface area contributed by atoms with Crippen LogP contribution in [0, 0.1) is 11.6 Å². The highest BCUT2D eigenvalue weighted by Crippen LogP contribution is 2.28. The van der Waals surface area contributed by atoms with Gasteiger partial charge in [-0.2, -0.15) is 4.98 Å². The first-order valence-corrected chi connectivity index (χ1v) is 9.90. The van der Waals surface area contributed by atoms with Crippen molar-refractivity contribution in [1.29, 1.82) is 0 Å². The first-order chi connectivity index (χ1) is 14.6. The first-order valence-electron chi connectivity index (χ1n) is 9.90. The average Bonchev–Trinajstić information content (AvgIpc) is 3.25. The normalized spacial score (nSPS) is 15.3. The van der Waals surface area contributed by atoms with E-state index in [1.165, 1.54) is 24.3 Å². The number of hydrogen-bond donors (Lipinski definition) is 1. The zero-order valence-corrected chi connectivity index (χ0v) is 16.4. The molecule has 0 radical (unpaired) electrons. The second kappa shape index (κ2) is 9.13. The van der Waals surface area contributed by atoms with E-state index in [1.54, 1.807) is 24.3 Å². The Balaban J connectivity index is 1.24. The fourth-order valence-electron chi connectivity index (χ4n) is 3.52. The van der Waals surface area contributed by atoms with Crippen LogP contribution in [-0.2, 0) is 11.3 Å². The third-order valence-corrected chi connectivity index (χ3v) is 5.25. The maximum absolute atomic E-state index is 13.1. The molecule has 0 saturated carbocycles. The fourth-order valence-corrected chi connectivity index (χ4v) is 3.52. The molecular weight excluding hydrogens is 390 g/mol. The Labute approximate surface area is 172 Å². The van der Waals surface area contributed by atoms with Crippen LogP contribution >= 0.6 is 0 Å². The number of likely N-dealkylation sites (tertiary alicyclic amines) is 1. The molecule has 3 aromatic rings. The molecule has 1 fully saturated rings. The minimum absolute atomic E-state index is 0.0610. The molecule has 2 heterocycles. The summed E-state index contributed by atoms with van der Waals surface area (Å²) >= 11 is 0. The van der Waals surface area contributed by atoms with Gasteiger partial charge in [-0.05, 0) is 67.9 Å². The van der Waals surface area contributed by atoms with Crippen molar-refractivity contribution in [2.75, 3.05) is 19.6 Å². The molecule has 1 aromatic heterocycles. The zero-order chi connectivity index (χ0) is 20.9. The van der Waals surface area contributed by atoms with E-state index < -0.39 is 0 Å². The standard InChI is InChI=1S/C22H22F2N4O2/c23-18-5-1-15(2-6-18)13-25-20(29)14-28-11-9-17(10-12-28)22-26-21(27-30-22)16-3-7-19(24)8-4-16/h1-8,17H,9-14H2,(H,25,29). The largest absolute Gasteiger partial charge is 0.351 e. The minimum atomic E-state index is -0.309. The molecule has 6 nitrogen and oxygen atoms in total. The maximum atomic E-state index is 13.1. The number of nitrogens with zero attached hydrogens (tertiary/aromatic N) is 3. The van der Waals surface area contributed by atoms with E-state index in [1.807, 2.05) is 0 Å². The molecule has 1 aliphatic rings. The van der Waals surface area contributed by atoms with Gasteiger partial charge in [-0.3, -0.25) is 9.69 Å². The molecule has 1 amide bonds. The summed E-state index contributed by atoms with van der Waals surface area (Å²) in [5, 5.41) is 6.87. The number of hydrogen-bond acceptors (Lipinski definition) is 5. The molecule has 1 saturated heterocycles. The van der Waals surface area contributed by atoms with Gasteiger partial charge in [0.05, 0.1) is 6.54 Å². The fraction of sp³-hybridized carbons (Fsp3) is 0.318. The monoisotopic (exact) mass is 412 g/mol. The van der Waals surface area contributed by atoms with Crippen molar-refractivity contribution < 1.29 is 18.1 Å². The Morgan fingerprint density at radius 1 is 1.03 bits per heavy atom. The van der Waals surface area contributed by atoms with Gasteiger partial charge in [0.15, 0.2) is 0 Å². The van der Waals surface area contributed by atoms with Crippen molar-refractivity contribution in [1.82, 2.24) is 20.4 Å². The lowest BCUT2D eigenvalue weighted by molar-refractivity contribution is -0.122. The highest BCUT2D eigenvalue weighted by atomic mass is 19.1. The van der Waals surface area contributed by atoms with E-state index in [4.69, 9.17) is 4.52 Å². The Morgan fingerprint density at radius 3 is 2.33 bits per heavy atom. The lowest BCUT2D eigenvalue weighted by Gasteiger charge is -2.29. The van der Waals surface area contributed by atoms with Crippen LogP contribution in [0.4, 0.5) is 8.78 Å². The van der Waals surface area contributed by atoms with Crippen LogP contribution in [-0.4, -0.2) is 40.6 Å². The summed E-state index contributed by atoms with van der Waals surface area (Å²) < 4.78 is 31.4. The van der Waals surface area contributed by atoms with Crippen molar-refractivity contribution in [3.8, 4) is 11.4 Å². The van der Waals surface area contributed by atoms with Crippen molar-refractivity contribution in [2.45, 2.75) is 25.3 Å². The summed E-state index contributed by atoms with van der Waals surface area (Å²) in [6.07, 6.45) is 1.63. The van der Waals surface area contributed by atoms with Gasteiger partial charge in [0.2, 0.25) is 17.6 Å². The summed E-state index contributed by atoms with van der Waals surface area (Å²) in [7, 11) is 0. The van der Waals surface area contributed by atoms with Gasteiger partial charge in [0, 0.05) is 18.0 Å². The molecule has 0 spiro atoms. The van der Waals surface area contributed by atoms with Crippen molar-refractivity contribution in [2.24, 2.45) is 0 Å². The molecule has 30 heavy (non-hydrogen) atoms. The molecule has 8 heteroatoms. The number of nitrogens with one attached hydrogen (secondary N) is 1. The number of carbonyl (C=O) groups is 1. The molecule has 1 N–H and O–H groups in total. The third kappa shape index (κ3) is 5.07. The predicted molar refractivity (Wildman–Crippen MR) is 106 cm³/mol. The van der Waals surface area contributed by atoms with Gasteiger partial charge in [0.25, 0.3) is 0 Å². The second-order valence-electron chi connectivity index (χ2n) is 7.42. The molecule has 0 bridgehead atoms. The molecule has 0 atom stereocenters. The van der Waals surface area contributed by atoms with Crippen LogP contribution in [0.5, 0.6) is 0 Å². The second-order valence-corrected chi connectivity index (χ2v) is 7.42. The Hall–Kier alpha value is -3.13. The molecule has 1 aliphatic heterocycles. The van der Waals surface area contributed by atoms with Gasteiger partial charge in [0.1, 0.15) is 11.6 Å². The van der Waals surface area contributed by atoms with Crippen LogP contribution in [0.2, 0.25) is 0 Å². The average molecular weight is 412 g/mol. The number of rotatable bonds is 6. The Morgan fingerprint density at radius 2 is 1.67 bits per heavy atom. The van der Waals surface area contributed by atoms with Crippen LogP contribution in [0.1, 0.15) is 30.2 Å². The molecule has 156 valence electrons. The topological polar surface area (TPSA) is 71.3 Å². The highest BCUT2D eigenvalue weighted by Gasteiger charge is 2.26. The van der Waals surface area contributed by atoms with Gasteiger partial charge in [-0.15, -0.1) is 0 Å². The minimum Gasteiger partial charge on any atom is -0.351 e. The SMILES string of the molecule is O=C(CN1CCC(c2nc(-c3ccc(F)cc3)no2)CC1)NCc1ccc(F)cc1. The van der Waals surface area contributed by atoms with Crippen LogP contribution < -0.4 is 5.32 Å². The quantitative estimate of drug-likeness (QED) is 0.671. The summed E-state index contributed by atoms with van der Waals surface area (Å²) in [5.41, 5.74) is 1.57. The first kappa shape index (κ1) is 20.2. The smallest absolute Gasteiger partial charge is 0.234 e. The number of carbonyl (C=O) groups excluding carboxylic acids is 1. The number of benzene rings is 2. The Bertz CT molecular complexity index is 981. The van der Waals surface area contributed by atoms with E-state index in [0.717, 1.165) is 31.5 Å². The molecule has 0 unspecified atom stereocenters. The van der Waals surface area contributed by atoms with Crippen molar-refractivity contribution in [3.63, 3.8) is 0 Å². The van der Waals surface area contributed by atoms with Crippen molar-refractivity contribution in [3.05, 3.63) is 71.6 Å². The molecule has 0 aliphatic carbocycles. The van der Waals surface area contributed by atoms with E-state index in [-0.39, 0.29) is 23.5 Å². The van der Waals surface area contributed by atoms with Crippen LogP contribution in [0.25, 0.3) is 11.4 Å². The summed E-state index contributed by atoms with van der Waals surface area (Å²) in [6.45, 7) is 2.20. The summed E-state index contributed by atoms with van der Waals surface area (Å²) in [4.78, 5) is 18.7. The maximum Gasteiger partial charge on any atom is 0.234 e. The lowest BCUT2D eigenvalue weighted by Crippen LogP contribution is -2.41. The number of aromatic nitrogens is 2. The third-order valence-electron chi connectivity index (χ3n) is 5.25. The van der Waals surface area contributed by atoms with E-state index >= 15 is 0 Å². The van der Waals surface area contributed by atoms with Crippen LogP contribution in [0.15, 0.2) is 53.1 Å². The predicted octanol–water partition coefficient (Wildman–Crippen LogP) is 3.51. The van der Waals surface area contributed by atoms with Gasteiger partial charge in [-0.25, -0.2) is 8.78 Å². The number of piperidine rings is 1. The van der Waals surface area contributed by atoms with Crippen LogP contribution in [0.3, 0.4) is 0 Å². The van der Waals surface area contributed by atoms with E-state index in [2.05, 4.69) is 20.4 Å². The highest BCUT2D eigenvalue weighted by molar-refractivity contribution is 5.78. The van der Waals surface area contributed by atoms with E-state index in [0.29, 0.717) is 30.4 Å². The summed E-state index contributed by atoms with van der Waals surface area (Å²) in [5.74, 6) is 0.511. The number of amides is 1. The zero-order valence-electron chi connectivity index (χ0n) is 16.4. The summed E-state index contributed by atoms with van der Waals surface area (Å²) in [6, 6.07) is 12.1. The van der Waals surface area contributed by atoms with Crippen molar-refractivity contribution >= 4 is 5.91 Å². The van der Waals surface area contributed by atoms with Gasteiger partial charge >= 0.3 is 0 Å². The molecular formula is C22H22F2N4O2. The number of halogens is 2. The lowest BCUT2D eigenvalue weighted by atomic mass is 9.97. The molecule has 2 aromatic carbocycles.